The van der Waals surface area contributed by atoms with E-state index in [1.807, 2.05) is 6.92 Å². The molecule has 2 aromatic rings. The van der Waals surface area contributed by atoms with E-state index in [1.54, 1.807) is 12.4 Å². The van der Waals surface area contributed by atoms with E-state index < -0.39 is 11.9 Å². The summed E-state index contributed by atoms with van der Waals surface area (Å²) < 4.78 is 39.3. The highest BCUT2D eigenvalue weighted by Crippen LogP contribution is 2.30. The number of halogens is 3. The average molecular weight is 271 g/mol. The lowest BCUT2D eigenvalue weighted by Gasteiger charge is -2.07. The van der Waals surface area contributed by atoms with Crippen LogP contribution in [-0.2, 0) is 19.8 Å². The molecule has 0 aliphatic rings. The van der Waals surface area contributed by atoms with Crippen molar-refractivity contribution in [2.75, 3.05) is 5.32 Å². The highest BCUT2D eigenvalue weighted by Gasteiger charge is 2.36. The van der Waals surface area contributed by atoms with Crippen LogP contribution in [0.1, 0.15) is 16.8 Å². The summed E-state index contributed by atoms with van der Waals surface area (Å²) in [5.74, 6) is 0.280. The van der Waals surface area contributed by atoms with Gasteiger partial charge in [-0.2, -0.15) is 18.3 Å². The fourth-order valence-electron chi connectivity index (χ4n) is 1.56. The van der Waals surface area contributed by atoms with Crippen molar-refractivity contribution >= 4 is 5.95 Å². The number of aryl methyl sites for hydroxylation is 2. The third kappa shape index (κ3) is 3.21. The maximum absolute atomic E-state index is 12.7. The number of rotatable bonds is 3. The molecule has 19 heavy (non-hydrogen) atoms. The standard InChI is InChI=1S/C11H12F3N5/c1-7-3-15-10(16-4-7)17-5-8-6-19(2)18-9(8)11(12,13)14/h3-4,6H,5H2,1-2H3,(H,15,16,17). The Hall–Kier alpha value is -2.12. The lowest BCUT2D eigenvalue weighted by Crippen LogP contribution is -2.12. The van der Waals surface area contributed by atoms with E-state index in [0.717, 1.165) is 10.2 Å². The van der Waals surface area contributed by atoms with Crippen LogP contribution in [0.4, 0.5) is 19.1 Å². The van der Waals surface area contributed by atoms with Gasteiger partial charge in [-0.1, -0.05) is 0 Å². The van der Waals surface area contributed by atoms with E-state index >= 15 is 0 Å². The molecule has 0 bridgehead atoms. The highest BCUT2D eigenvalue weighted by atomic mass is 19.4. The average Bonchev–Trinajstić information content (AvgIpc) is 2.70. The molecule has 0 fully saturated rings. The highest BCUT2D eigenvalue weighted by molar-refractivity contribution is 5.29. The second-order valence-electron chi connectivity index (χ2n) is 4.11. The molecule has 0 saturated carbocycles. The van der Waals surface area contributed by atoms with E-state index in [9.17, 15) is 13.2 Å². The van der Waals surface area contributed by atoms with Gasteiger partial charge in [0, 0.05) is 37.7 Å². The molecule has 0 atom stereocenters. The van der Waals surface area contributed by atoms with Crippen LogP contribution in [0.2, 0.25) is 0 Å². The van der Waals surface area contributed by atoms with Crippen LogP contribution in [0.25, 0.3) is 0 Å². The van der Waals surface area contributed by atoms with Crippen LogP contribution < -0.4 is 5.32 Å². The minimum Gasteiger partial charge on any atom is -0.350 e. The zero-order valence-corrected chi connectivity index (χ0v) is 10.4. The summed E-state index contributed by atoms with van der Waals surface area (Å²) in [6, 6.07) is 0. The Morgan fingerprint density at radius 1 is 1.26 bits per heavy atom. The quantitative estimate of drug-likeness (QED) is 0.929. The SMILES string of the molecule is Cc1cnc(NCc2cn(C)nc2C(F)(F)F)nc1. The third-order valence-corrected chi connectivity index (χ3v) is 2.39. The largest absolute Gasteiger partial charge is 0.435 e. The fourth-order valence-corrected chi connectivity index (χ4v) is 1.56. The molecule has 0 radical (unpaired) electrons. The van der Waals surface area contributed by atoms with Crippen molar-refractivity contribution in [3.8, 4) is 0 Å². The number of anilines is 1. The first-order chi connectivity index (χ1) is 8.86. The predicted molar refractivity (Wildman–Crippen MR) is 62.3 cm³/mol. The molecule has 0 aliphatic heterocycles. The van der Waals surface area contributed by atoms with Crippen molar-refractivity contribution in [3.63, 3.8) is 0 Å². The van der Waals surface area contributed by atoms with Crippen molar-refractivity contribution in [3.05, 3.63) is 35.4 Å². The fraction of sp³-hybridized carbons (Fsp3) is 0.364. The molecule has 1 N–H and O–H groups in total. The summed E-state index contributed by atoms with van der Waals surface area (Å²) in [7, 11) is 1.45. The molecule has 2 aromatic heterocycles. The predicted octanol–water partition coefficient (Wildman–Crippen LogP) is 2.15. The van der Waals surface area contributed by atoms with Gasteiger partial charge >= 0.3 is 6.18 Å². The molecule has 0 spiro atoms. The summed E-state index contributed by atoms with van der Waals surface area (Å²) in [6.45, 7) is 1.79. The Bertz CT molecular complexity index is 559. The molecular formula is C11H12F3N5. The summed E-state index contributed by atoms with van der Waals surface area (Å²) in [6.07, 6.45) is 0.0307. The van der Waals surface area contributed by atoms with Gasteiger partial charge in [0.15, 0.2) is 5.69 Å². The van der Waals surface area contributed by atoms with Crippen LogP contribution >= 0.6 is 0 Å². The lowest BCUT2D eigenvalue weighted by molar-refractivity contribution is -0.142. The monoisotopic (exact) mass is 271 g/mol. The van der Waals surface area contributed by atoms with E-state index in [0.29, 0.717) is 0 Å². The van der Waals surface area contributed by atoms with Gasteiger partial charge < -0.3 is 5.32 Å². The van der Waals surface area contributed by atoms with Gasteiger partial charge in [0.25, 0.3) is 0 Å². The second kappa shape index (κ2) is 4.87. The number of hydrogen-bond donors (Lipinski definition) is 1. The number of nitrogens with one attached hydrogen (secondary N) is 1. The van der Waals surface area contributed by atoms with Crippen LogP contribution in [0.15, 0.2) is 18.6 Å². The summed E-state index contributed by atoms with van der Waals surface area (Å²) in [5, 5.41) is 6.16. The van der Waals surface area contributed by atoms with Crippen molar-refractivity contribution < 1.29 is 13.2 Å². The zero-order chi connectivity index (χ0) is 14.0. The molecule has 5 nitrogen and oxygen atoms in total. The minimum atomic E-state index is -4.47. The van der Waals surface area contributed by atoms with Gasteiger partial charge in [0.05, 0.1) is 0 Å². The minimum absolute atomic E-state index is 0.0360. The van der Waals surface area contributed by atoms with E-state index in [4.69, 9.17) is 0 Å². The Labute approximate surface area is 107 Å². The smallest absolute Gasteiger partial charge is 0.350 e. The van der Waals surface area contributed by atoms with E-state index in [1.165, 1.54) is 13.2 Å². The maximum Gasteiger partial charge on any atom is 0.435 e. The van der Waals surface area contributed by atoms with E-state index in [-0.39, 0.29) is 18.1 Å². The summed E-state index contributed by atoms with van der Waals surface area (Å²) in [5.41, 5.74) is 0.0386. The summed E-state index contributed by atoms with van der Waals surface area (Å²) in [4.78, 5) is 7.92. The molecular weight excluding hydrogens is 259 g/mol. The molecule has 0 aliphatic carbocycles. The number of nitrogens with zero attached hydrogens (tertiary/aromatic N) is 4. The maximum atomic E-state index is 12.7. The van der Waals surface area contributed by atoms with Gasteiger partial charge in [-0.15, -0.1) is 0 Å². The van der Waals surface area contributed by atoms with Crippen molar-refractivity contribution in [2.24, 2.45) is 7.05 Å². The molecule has 102 valence electrons. The van der Waals surface area contributed by atoms with Crippen molar-refractivity contribution in [2.45, 2.75) is 19.6 Å². The van der Waals surface area contributed by atoms with Crippen molar-refractivity contribution in [1.82, 2.24) is 19.7 Å². The lowest BCUT2D eigenvalue weighted by atomic mass is 10.2. The first-order valence-corrected chi connectivity index (χ1v) is 5.48. The molecule has 2 rings (SSSR count). The zero-order valence-electron chi connectivity index (χ0n) is 10.4. The van der Waals surface area contributed by atoms with E-state index in [2.05, 4.69) is 20.4 Å². The third-order valence-electron chi connectivity index (χ3n) is 2.39. The van der Waals surface area contributed by atoms with Crippen LogP contribution in [-0.4, -0.2) is 19.7 Å². The normalized spacial score (nSPS) is 11.6. The number of hydrogen-bond acceptors (Lipinski definition) is 4. The Morgan fingerprint density at radius 3 is 2.47 bits per heavy atom. The van der Waals surface area contributed by atoms with Gasteiger partial charge in [-0.25, -0.2) is 9.97 Å². The Kier molecular flexibility index (Phi) is 3.41. The molecule has 0 aromatic carbocycles. The molecule has 0 unspecified atom stereocenters. The van der Waals surface area contributed by atoms with Gasteiger partial charge in [-0.3, -0.25) is 4.68 Å². The molecule has 8 heteroatoms. The number of alkyl halides is 3. The van der Waals surface area contributed by atoms with Gasteiger partial charge in [0.1, 0.15) is 0 Å². The molecule has 0 saturated heterocycles. The number of aromatic nitrogens is 4. The molecule has 0 amide bonds. The summed E-state index contributed by atoms with van der Waals surface area (Å²) >= 11 is 0. The van der Waals surface area contributed by atoms with Crippen molar-refractivity contribution in [1.29, 1.82) is 0 Å². The first-order valence-electron chi connectivity index (χ1n) is 5.48. The topological polar surface area (TPSA) is 55.6 Å². The van der Waals surface area contributed by atoms with Gasteiger partial charge in [0.2, 0.25) is 5.95 Å². The van der Waals surface area contributed by atoms with Gasteiger partial charge in [-0.05, 0) is 12.5 Å². The molecule has 2 heterocycles. The first kappa shape index (κ1) is 13.3. The van der Waals surface area contributed by atoms with Crippen LogP contribution in [0.3, 0.4) is 0 Å². The second-order valence-corrected chi connectivity index (χ2v) is 4.11. The van der Waals surface area contributed by atoms with Crippen LogP contribution in [0, 0.1) is 6.92 Å². The Morgan fingerprint density at radius 2 is 1.89 bits per heavy atom. The Balaban J connectivity index is 2.13. The van der Waals surface area contributed by atoms with Crippen LogP contribution in [0.5, 0.6) is 0 Å².